The normalized spacial score (nSPS) is 10.9. The van der Waals surface area contributed by atoms with E-state index in [2.05, 4.69) is 20.2 Å². The average Bonchev–Trinajstić information content (AvgIpc) is 3.46. The van der Waals surface area contributed by atoms with Gasteiger partial charge in [0.1, 0.15) is 0 Å². The number of primary amides is 1. The highest BCUT2D eigenvalue weighted by molar-refractivity contribution is 7.13. The number of aromatic carboxylic acids is 1. The van der Waals surface area contributed by atoms with Crippen LogP contribution in [0.5, 0.6) is 0 Å². The van der Waals surface area contributed by atoms with Gasteiger partial charge in [0, 0.05) is 23.6 Å². The van der Waals surface area contributed by atoms with Crippen LogP contribution < -0.4 is 5.73 Å². The van der Waals surface area contributed by atoms with Gasteiger partial charge in [-0.05, 0) is 0 Å². The van der Waals surface area contributed by atoms with Gasteiger partial charge in [0.25, 0.3) is 11.8 Å². The molecule has 0 aliphatic rings. The number of nitrogens with zero attached hydrogens (tertiary/aromatic N) is 5. The number of oxazole rings is 1. The van der Waals surface area contributed by atoms with Gasteiger partial charge in [0.2, 0.25) is 0 Å². The number of carbonyl (C=O) groups excluding carboxylic acids is 2. The number of nitrogens with two attached hydrogens (primary N) is 1. The predicted molar refractivity (Wildman–Crippen MR) is 108 cm³/mol. The summed E-state index contributed by atoms with van der Waals surface area (Å²) in [6.07, 6.45) is 1.51. The third-order valence-corrected chi connectivity index (χ3v) is 5.19. The van der Waals surface area contributed by atoms with Crippen molar-refractivity contribution in [3.63, 3.8) is 0 Å². The van der Waals surface area contributed by atoms with Crippen molar-refractivity contribution >= 4 is 29.0 Å². The van der Waals surface area contributed by atoms with Gasteiger partial charge in [-0.15, -0.1) is 21.5 Å². The Morgan fingerprint density at radius 1 is 1.16 bits per heavy atom. The van der Waals surface area contributed by atoms with E-state index in [1.807, 2.05) is 0 Å². The van der Waals surface area contributed by atoms with Crippen LogP contribution in [0.3, 0.4) is 0 Å². The molecule has 31 heavy (non-hydrogen) atoms. The first-order valence-corrected chi connectivity index (χ1v) is 9.65. The third kappa shape index (κ3) is 3.96. The Labute approximate surface area is 178 Å². The zero-order valence-corrected chi connectivity index (χ0v) is 16.8. The quantitative estimate of drug-likeness (QED) is 0.411. The van der Waals surface area contributed by atoms with Gasteiger partial charge >= 0.3 is 5.97 Å². The van der Waals surface area contributed by atoms with Crippen molar-refractivity contribution in [3.8, 4) is 22.9 Å². The smallest absolute Gasteiger partial charge is 0.358 e. The van der Waals surface area contributed by atoms with E-state index < -0.39 is 11.9 Å². The Morgan fingerprint density at radius 3 is 2.52 bits per heavy atom. The van der Waals surface area contributed by atoms with E-state index in [1.54, 1.807) is 30.3 Å². The van der Waals surface area contributed by atoms with Crippen molar-refractivity contribution in [1.82, 2.24) is 25.0 Å². The minimum absolute atomic E-state index is 0.0154. The van der Waals surface area contributed by atoms with Crippen LogP contribution in [-0.4, -0.2) is 47.7 Å². The van der Waals surface area contributed by atoms with E-state index >= 15 is 0 Å². The summed E-state index contributed by atoms with van der Waals surface area (Å²) in [5.74, 6) is -2.54. The van der Waals surface area contributed by atoms with Crippen LogP contribution in [0.4, 0.5) is 0 Å². The number of ketones is 1. The Kier molecular flexibility index (Phi) is 5.13. The molecule has 0 unspecified atom stereocenters. The molecule has 12 heteroatoms. The molecule has 0 aliphatic heterocycles. The Bertz CT molecular complexity index is 1310. The highest BCUT2D eigenvalue weighted by Crippen LogP contribution is 2.30. The number of rotatable bonds is 7. The van der Waals surface area contributed by atoms with Crippen LogP contribution in [0.25, 0.3) is 22.9 Å². The minimum atomic E-state index is -1.30. The highest BCUT2D eigenvalue weighted by atomic mass is 32.1. The molecule has 0 bridgehead atoms. The maximum absolute atomic E-state index is 11.9. The molecule has 0 fully saturated rings. The van der Waals surface area contributed by atoms with Crippen LogP contribution in [-0.2, 0) is 6.54 Å². The predicted octanol–water partition coefficient (Wildman–Crippen LogP) is 2.10. The van der Waals surface area contributed by atoms with Crippen LogP contribution in [0.1, 0.15) is 42.6 Å². The molecule has 1 aromatic carbocycles. The lowest BCUT2D eigenvalue weighted by molar-refractivity contribution is 0.0691. The summed E-state index contributed by atoms with van der Waals surface area (Å²) in [5.41, 5.74) is 5.27. The molecule has 3 heterocycles. The van der Waals surface area contributed by atoms with Crippen molar-refractivity contribution in [3.05, 3.63) is 57.8 Å². The molecule has 4 aromatic rings. The first-order valence-electron chi connectivity index (χ1n) is 8.84. The summed E-state index contributed by atoms with van der Waals surface area (Å²) in [6.45, 7) is 1.52. The zero-order valence-electron chi connectivity index (χ0n) is 16.0. The Hall–Kier alpha value is -4.19. The van der Waals surface area contributed by atoms with Crippen molar-refractivity contribution in [2.45, 2.75) is 13.5 Å². The number of benzene rings is 1. The summed E-state index contributed by atoms with van der Waals surface area (Å²) in [6, 6.07) is 8.55. The Balaban J connectivity index is 1.76. The zero-order chi connectivity index (χ0) is 22.1. The number of carboxylic acid groups (broad SMARTS) is 1. The summed E-state index contributed by atoms with van der Waals surface area (Å²) in [5, 5.41) is 18.1. The monoisotopic (exact) mass is 438 g/mol. The van der Waals surface area contributed by atoms with Crippen LogP contribution in [0.15, 0.2) is 40.9 Å². The molecule has 3 N–H and O–H groups in total. The van der Waals surface area contributed by atoms with Crippen molar-refractivity contribution in [1.29, 1.82) is 0 Å². The SMILES string of the molecule is CC(=O)c1ncc(Cn2nc(C(N)=O)c(-c3nc(C(=O)O)c(-c4ccccc4)o3)n2)s1. The molecule has 156 valence electrons. The lowest BCUT2D eigenvalue weighted by Gasteiger charge is -1.96. The number of hydrogen-bond donors (Lipinski definition) is 2. The van der Waals surface area contributed by atoms with Crippen LogP contribution in [0, 0.1) is 0 Å². The number of amides is 1. The molecule has 0 aliphatic carbocycles. The molecule has 1 amide bonds. The van der Waals surface area contributed by atoms with Gasteiger partial charge in [-0.25, -0.2) is 9.78 Å². The van der Waals surface area contributed by atoms with Gasteiger partial charge in [-0.1, -0.05) is 30.3 Å². The van der Waals surface area contributed by atoms with E-state index in [-0.39, 0.29) is 41.1 Å². The van der Waals surface area contributed by atoms with Gasteiger partial charge in [0.15, 0.2) is 33.6 Å². The lowest BCUT2D eigenvalue weighted by Crippen LogP contribution is -2.13. The summed E-state index contributed by atoms with van der Waals surface area (Å²) in [4.78, 5) is 44.9. The highest BCUT2D eigenvalue weighted by Gasteiger charge is 2.27. The van der Waals surface area contributed by atoms with Gasteiger partial charge in [-0.3, -0.25) is 9.59 Å². The van der Waals surface area contributed by atoms with Gasteiger partial charge in [0.05, 0.1) is 6.54 Å². The summed E-state index contributed by atoms with van der Waals surface area (Å²) >= 11 is 1.17. The molecule has 0 atom stereocenters. The maximum atomic E-state index is 11.9. The Morgan fingerprint density at radius 2 is 1.90 bits per heavy atom. The number of thiazole rings is 1. The van der Waals surface area contributed by atoms with Crippen LogP contribution >= 0.6 is 11.3 Å². The average molecular weight is 438 g/mol. The second kappa shape index (κ2) is 7.91. The molecule has 11 nitrogen and oxygen atoms in total. The van der Waals surface area contributed by atoms with E-state index in [4.69, 9.17) is 10.2 Å². The first-order chi connectivity index (χ1) is 14.8. The van der Waals surface area contributed by atoms with Crippen molar-refractivity contribution in [2.75, 3.05) is 0 Å². The van der Waals surface area contributed by atoms with E-state index in [0.717, 1.165) is 0 Å². The molecule has 0 saturated carbocycles. The van der Waals surface area contributed by atoms with E-state index in [9.17, 15) is 19.5 Å². The number of carbonyl (C=O) groups is 3. The second-order valence-corrected chi connectivity index (χ2v) is 7.46. The largest absolute Gasteiger partial charge is 0.476 e. The summed E-state index contributed by atoms with van der Waals surface area (Å²) < 4.78 is 5.67. The second-order valence-electron chi connectivity index (χ2n) is 6.35. The minimum Gasteiger partial charge on any atom is -0.476 e. The molecule has 0 spiro atoms. The summed E-state index contributed by atoms with van der Waals surface area (Å²) in [7, 11) is 0. The molecule has 4 rings (SSSR count). The van der Waals surface area contributed by atoms with Crippen molar-refractivity contribution < 1.29 is 23.9 Å². The van der Waals surface area contributed by atoms with Crippen LogP contribution in [0.2, 0.25) is 0 Å². The molecule has 3 aromatic heterocycles. The first kappa shape index (κ1) is 20.1. The third-order valence-electron chi connectivity index (χ3n) is 4.11. The molecular weight excluding hydrogens is 424 g/mol. The van der Waals surface area contributed by atoms with Gasteiger partial charge < -0.3 is 15.3 Å². The molecular formula is C19H14N6O5S. The fraction of sp³-hybridized carbons (Fsp3) is 0.105. The molecule has 0 radical (unpaired) electrons. The number of carboxylic acids is 1. The van der Waals surface area contributed by atoms with Crippen molar-refractivity contribution in [2.24, 2.45) is 5.73 Å². The maximum Gasteiger partial charge on any atom is 0.358 e. The van der Waals surface area contributed by atoms with Gasteiger partial charge in [-0.2, -0.15) is 9.78 Å². The molecule has 0 saturated heterocycles. The lowest BCUT2D eigenvalue weighted by atomic mass is 10.1. The fourth-order valence-electron chi connectivity index (χ4n) is 2.76. The number of Topliss-reactive ketones (excluding diaryl/α,β-unsaturated/α-hetero) is 1. The number of hydrogen-bond acceptors (Lipinski definition) is 9. The van der Waals surface area contributed by atoms with E-state index in [1.165, 1.54) is 29.3 Å². The standard InChI is InChI=1S/C19H14N6O5S/c1-9(26)18-21-7-11(31-18)8-25-23-12(16(20)27)13(24-25)17-22-14(19(28)29)15(30-17)10-5-3-2-4-6-10/h2-7H,8H2,1H3,(H2,20,27)(H,28,29). The number of aromatic nitrogens is 5. The fourth-order valence-corrected chi connectivity index (χ4v) is 3.55. The van der Waals surface area contributed by atoms with E-state index in [0.29, 0.717) is 15.4 Å². The topological polar surface area (TPSA) is 167 Å².